The van der Waals surface area contributed by atoms with E-state index in [2.05, 4.69) is 0 Å². The second-order valence-electron chi connectivity index (χ2n) is 5.98. The summed E-state index contributed by atoms with van der Waals surface area (Å²) >= 11 is 6.41. The van der Waals surface area contributed by atoms with Crippen LogP contribution < -0.4 is 0 Å². The molecule has 2 fully saturated rings. The Hall–Kier alpha value is 0.210. The minimum atomic E-state index is 0.295. The fourth-order valence-electron chi connectivity index (χ4n) is 3.47. The van der Waals surface area contributed by atoms with Gasteiger partial charge in [-0.2, -0.15) is 0 Å². The molecule has 1 saturated heterocycles. The molecule has 0 radical (unpaired) electrons. The van der Waals surface area contributed by atoms with Gasteiger partial charge in [0.2, 0.25) is 0 Å². The fraction of sp³-hybridized carbons (Fsp3) is 1.00. The SMILES string of the molecule is OCCCC[C@@H]1C[C@H](Cl)C[C@H](C2CCCCC2)O1. The van der Waals surface area contributed by atoms with E-state index in [0.717, 1.165) is 38.0 Å². The molecule has 3 atom stereocenters. The van der Waals surface area contributed by atoms with Gasteiger partial charge in [-0.05, 0) is 50.9 Å². The van der Waals surface area contributed by atoms with Crippen molar-refractivity contribution in [3.05, 3.63) is 0 Å². The smallest absolute Gasteiger partial charge is 0.0621 e. The first-order valence-corrected chi connectivity index (χ1v) is 8.13. The summed E-state index contributed by atoms with van der Waals surface area (Å²) in [6.07, 6.45) is 12.6. The first-order chi connectivity index (χ1) is 8.79. The lowest BCUT2D eigenvalue weighted by atomic mass is 9.82. The van der Waals surface area contributed by atoms with Crippen molar-refractivity contribution in [3.63, 3.8) is 0 Å². The number of hydrogen-bond donors (Lipinski definition) is 1. The molecule has 1 saturated carbocycles. The van der Waals surface area contributed by atoms with Crippen LogP contribution in [0.1, 0.15) is 64.2 Å². The highest BCUT2D eigenvalue weighted by atomic mass is 35.5. The van der Waals surface area contributed by atoms with Gasteiger partial charge in [0.05, 0.1) is 12.2 Å². The predicted octanol–water partition coefficient (Wildman–Crippen LogP) is 3.88. The summed E-state index contributed by atoms with van der Waals surface area (Å²) in [6, 6.07) is 0. The number of hydrogen-bond acceptors (Lipinski definition) is 2. The van der Waals surface area contributed by atoms with Crippen molar-refractivity contribution in [2.45, 2.75) is 81.8 Å². The maximum atomic E-state index is 8.84. The topological polar surface area (TPSA) is 29.5 Å². The van der Waals surface area contributed by atoms with E-state index in [9.17, 15) is 0 Å². The van der Waals surface area contributed by atoms with E-state index in [4.69, 9.17) is 21.4 Å². The summed E-state index contributed by atoms with van der Waals surface area (Å²) < 4.78 is 6.28. The lowest BCUT2D eigenvalue weighted by Crippen LogP contribution is -2.38. The number of alkyl halides is 1. The summed E-state index contributed by atoms with van der Waals surface area (Å²) in [4.78, 5) is 0. The Morgan fingerprint density at radius 2 is 1.83 bits per heavy atom. The summed E-state index contributed by atoms with van der Waals surface area (Å²) in [5.41, 5.74) is 0. The zero-order chi connectivity index (χ0) is 12.8. The van der Waals surface area contributed by atoms with Crippen molar-refractivity contribution in [1.82, 2.24) is 0 Å². The molecule has 1 aliphatic heterocycles. The van der Waals surface area contributed by atoms with Crippen LogP contribution in [0.5, 0.6) is 0 Å². The first kappa shape index (κ1) is 14.6. The molecule has 0 aromatic rings. The van der Waals surface area contributed by atoms with Gasteiger partial charge in [-0.25, -0.2) is 0 Å². The van der Waals surface area contributed by atoms with Gasteiger partial charge in [-0.1, -0.05) is 19.3 Å². The van der Waals surface area contributed by atoms with Crippen molar-refractivity contribution < 1.29 is 9.84 Å². The minimum Gasteiger partial charge on any atom is -0.396 e. The molecular formula is C15H27ClO2. The monoisotopic (exact) mass is 274 g/mol. The van der Waals surface area contributed by atoms with Gasteiger partial charge in [-0.3, -0.25) is 0 Å². The first-order valence-electron chi connectivity index (χ1n) is 7.70. The second kappa shape index (κ2) is 7.72. The van der Waals surface area contributed by atoms with E-state index in [-0.39, 0.29) is 0 Å². The maximum absolute atomic E-state index is 8.84. The molecule has 1 N–H and O–H groups in total. The van der Waals surface area contributed by atoms with E-state index < -0.39 is 0 Å². The Morgan fingerprint density at radius 3 is 2.56 bits per heavy atom. The highest BCUT2D eigenvalue weighted by Gasteiger charge is 2.33. The summed E-state index contributed by atoms with van der Waals surface area (Å²) in [5, 5.41) is 9.13. The fourth-order valence-corrected chi connectivity index (χ4v) is 3.85. The second-order valence-corrected chi connectivity index (χ2v) is 6.60. The molecule has 0 unspecified atom stereocenters. The molecule has 0 amide bonds. The van der Waals surface area contributed by atoms with Crippen LogP contribution in [0.15, 0.2) is 0 Å². The van der Waals surface area contributed by atoms with Crippen LogP contribution in [-0.4, -0.2) is 29.3 Å². The van der Waals surface area contributed by atoms with Gasteiger partial charge in [0, 0.05) is 12.0 Å². The van der Waals surface area contributed by atoms with E-state index in [1.807, 2.05) is 0 Å². The van der Waals surface area contributed by atoms with E-state index in [1.54, 1.807) is 0 Å². The largest absolute Gasteiger partial charge is 0.396 e. The Balaban J connectivity index is 1.79. The molecule has 1 heterocycles. The van der Waals surface area contributed by atoms with Crippen molar-refractivity contribution in [2.24, 2.45) is 5.92 Å². The summed E-state index contributed by atoms with van der Waals surface area (Å²) in [7, 11) is 0. The van der Waals surface area contributed by atoms with Crippen LogP contribution in [0.4, 0.5) is 0 Å². The highest BCUT2D eigenvalue weighted by molar-refractivity contribution is 6.20. The molecule has 2 aliphatic rings. The third kappa shape index (κ3) is 4.40. The minimum absolute atomic E-state index is 0.295. The molecule has 106 valence electrons. The molecule has 0 aromatic heterocycles. The average Bonchev–Trinajstić information content (AvgIpc) is 2.39. The molecular weight excluding hydrogens is 248 g/mol. The van der Waals surface area contributed by atoms with Crippen LogP contribution in [0.3, 0.4) is 0 Å². The number of aliphatic hydroxyl groups is 1. The van der Waals surface area contributed by atoms with Gasteiger partial charge in [-0.15, -0.1) is 11.6 Å². The van der Waals surface area contributed by atoms with Gasteiger partial charge in [0.15, 0.2) is 0 Å². The zero-order valence-corrected chi connectivity index (χ0v) is 12.1. The van der Waals surface area contributed by atoms with Crippen LogP contribution in [0.25, 0.3) is 0 Å². The third-order valence-electron chi connectivity index (χ3n) is 4.48. The van der Waals surface area contributed by atoms with Crippen molar-refractivity contribution >= 4 is 11.6 Å². The number of aliphatic hydroxyl groups excluding tert-OH is 1. The molecule has 2 rings (SSSR count). The molecule has 0 spiro atoms. The molecule has 18 heavy (non-hydrogen) atoms. The Labute approximate surface area is 116 Å². The lowest BCUT2D eigenvalue weighted by molar-refractivity contribution is -0.0855. The van der Waals surface area contributed by atoms with E-state index in [0.29, 0.717) is 24.2 Å². The van der Waals surface area contributed by atoms with E-state index in [1.165, 1.54) is 32.1 Å². The molecule has 2 nitrogen and oxygen atoms in total. The number of ether oxygens (including phenoxy) is 1. The van der Waals surface area contributed by atoms with E-state index >= 15 is 0 Å². The quantitative estimate of drug-likeness (QED) is 0.609. The van der Waals surface area contributed by atoms with Gasteiger partial charge < -0.3 is 9.84 Å². The summed E-state index contributed by atoms with van der Waals surface area (Å²) in [6.45, 7) is 0.295. The van der Waals surface area contributed by atoms with Crippen LogP contribution in [0.2, 0.25) is 0 Å². The van der Waals surface area contributed by atoms with Gasteiger partial charge in [0.1, 0.15) is 0 Å². The number of rotatable bonds is 5. The molecule has 0 bridgehead atoms. The highest BCUT2D eigenvalue weighted by Crippen LogP contribution is 2.36. The maximum Gasteiger partial charge on any atom is 0.0621 e. The van der Waals surface area contributed by atoms with Gasteiger partial charge in [0.25, 0.3) is 0 Å². The standard InChI is InChI=1S/C15H27ClO2/c16-13-10-14(8-4-5-9-17)18-15(11-13)12-6-2-1-3-7-12/h12-15,17H,1-11H2/t13-,14+,15+/m0/s1. The molecule has 0 aromatic carbocycles. The number of unbranched alkanes of at least 4 members (excludes halogenated alkanes) is 1. The molecule has 1 aliphatic carbocycles. The zero-order valence-electron chi connectivity index (χ0n) is 11.3. The van der Waals surface area contributed by atoms with Gasteiger partial charge >= 0.3 is 0 Å². The van der Waals surface area contributed by atoms with Crippen LogP contribution in [-0.2, 0) is 4.74 Å². The third-order valence-corrected chi connectivity index (χ3v) is 4.84. The predicted molar refractivity (Wildman–Crippen MR) is 75.0 cm³/mol. The average molecular weight is 275 g/mol. The summed E-state index contributed by atoms with van der Waals surface area (Å²) in [5.74, 6) is 0.751. The van der Waals surface area contributed by atoms with Crippen molar-refractivity contribution in [1.29, 1.82) is 0 Å². The van der Waals surface area contributed by atoms with Crippen LogP contribution >= 0.6 is 11.6 Å². The van der Waals surface area contributed by atoms with Crippen molar-refractivity contribution in [3.8, 4) is 0 Å². The lowest BCUT2D eigenvalue weighted by Gasteiger charge is -2.39. The number of halogens is 1. The Bertz CT molecular complexity index is 229. The Kier molecular flexibility index (Phi) is 6.26. The molecule has 3 heteroatoms. The van der Waals surface area contributed by atoms with Crippen molar-refractivity contribution in [2.75, 3.05) is 6.61 Å². The normalized spacial score (nSPS) is 34.7. The van der Waals surface area contributed by atoms with Crippen LogP contribution in [0, 0.1) is 5.92 Å². The Morgan fingerprint density at radius 1 is 1.06 bits per heavy atom.